The highest BCUT2D eigenvalue weighted by atomic mass is 32.2. The van der Waals surface area contributed by atoms with Crippen LogP contribution in [0.1, 0.15) is 6.92 Å². The van der Waals surface area contributed by atoms with Gasteiger partial charge in [-0.25, -0.2) is 21.8 Å². The lowest BCUT2D eigenvalue weighted by molar-refractivity contribution is 0.356. The highest BCUT2D eigenvalue weighted by Crippen LogP contribution is 2.22. The molecular weight excluding hydrogens is 302 g/mol. The first kappa shape index (κ1) is 15.2. The first-order valence-electron chi connectivity index (χ1n) is 6.12. The van der Waals surface area contributed by atoms with Crippen molar-refractivity contribution in [1.82, 2.24) is 9.29 Å². The van der Waals surface area contributed by atoms with Gasteiger partial charge in [-0.1, -0.05) is 0 Å². The lowest BCUT2D eigenvalue weighted by Crippen LogP contribution is -2.49. The van der Waals surface area contributed by atoms with Gasteiger partial charge in [0.1, 0.15) is 10.7 Å². The summed E-state index contributed by atoms with van der Waals surface area (Å²) in [6, 6.07) is 2.46. The van der Waals surface area contributed by atoms with Gasteiger partial charge in [-0.2, -0.15) is 4.31 Å². The number of nitrogens with one attached hydrogen (secondary N) is 1. The zero-order valence-corrected chi connectivity index (χ0v) is 12.9. The maximum atomic E-state index is 12.5. The molecule has 1 fully saturated rings. The number of hydrogen-bond donors (Lipinski definition) is 1. The molecule has 7 nitrogen and oxygen atoms in total. The zero-order chi connectivity index (χ0) is 15.0. The van der Waals surface area contributed by atoms with Gasteiger partial charge in [0, 0.05) is 25.8 Å². The molecule has 0 bridgehead atoms. The fourth-order valence-corrected chi connectivity index (χ4v) is 5.50. The van der Waals surface area contributed by atoms with Gasteiger partial charge in [-0.15, -0.1) is 0 Å². The minimum Gasteiger partial charge on any atom is -0.373 e. The Bertz CT molecular complexity index is 683. The van der Waals surface area contributed by atoms with Crippen molar-refractivity contribution in [3.63, 3.8) is 0 Å². The molecule has 0 radical (unpaired) electrons. The summed E-state index contributed by atoms with van der Waals surface area (Å²) in [5.41, 5.74) is 0. The fraction of sp³-hybridized carbons (Fsp3) is 0.545. The van der Waals surface area contributed by atoms with Crippen molar-refractivity contribution < 1.29 is 16.8 Å². The largest absolute Gasteiger partial charge is 0.373 e. The quantitative estimate of drug-likeness (QED) is 0.838. The van der Waals surface area contributed by atoms with Crippen LogP contribution in [-0.4, -0.2) is 57.3 Å². The minimum absolute atomic E-state index is 0.0143. The van der Waals surface area contributed by atoms with Crippen molar-refractivity contribution in [2.45, 2.75) is 17.9 Å². The summed E-state index contributed by atoms with van der Waals surface area (Å²) in [7, 11) is -5.17. The van der Waals surface area contributed by atoms with Gasteiger partial charge < -0.3 is 5.32 Å². The van der Waals surface area contributed by atoms with Crippen LogP contribution in [0.4, 0.5) is 5.82 Å². The Morgan fingerprint density at radius 3 is 2.60 bits per heavy atom. The number of nitrogens with zero attached hydrogens (tertiary/aromatic N) is 2. The first-order valence-corrected chi connectivity index (χ1v) is 9.38. The lowest BCUT2D eigenvalue weighted by Gasteiger charge is -2.31. The highest BCUT2D eigenvalue weighted by Gasteiger charge is 2.36. The summed E-state index contributed by atoms with van der Waals surface area (Å²) in [4.78, 5) is 4.05. The third-order valence-electron chi connectivity index (χ3n) is 3.21. The SMILES string of the molecule is CNc1ccc(S(=O)(=O)N2CCS(=O)(=O)CC2C)cn1. The monoisotopic (exact) mass is 319 g/mol. The van der Waals surface area contributed by atoms with E-state index in [9.17, 15) is 16.8 Å². The molecule has 1 aliphatic rings. The highest BCUT2D eigenvalue weighted by molar-refractivity contribution is 7.92. The van der Waals surface area contributed by atoms with Crippen LogP contribution in [0.2, 0.25) is 0 Å². The smallest absolute Gasteiger partial charge is 0.244 e. The number of anilines is 1. The molecule has 1 unspecified atom stereocenters. The van der Waals surface area contributed by atoms with Gasteiger partial charge >= 0.3 is 0 Å². The molecule has 9 heteroatoms. The summed E-state index contributed by atoms with van der Waals surface area (Å²) in [5, 5.41) is 2.81. The molecule has 1 atom stereocenters. The van der Waals surface area contributed by atoms with Crippen LogP contribution in [0.15, 0.2) is 23.2 Å². The molecule has 1 saturated heterocycles. The molecule has 0 amide bonds. The van der Waals surface area contributed by atoms with Crippen LogP contribution in [-0.2, 0) is 19.9 Å². The van der Waals surface area contributed by atoms with Gasteiger partial charge in [0.2, 0.25) is 10.0 Å². The summed E-state index contributed by atoms with van der Waals surface area (Å²) >= 11 is 0. The van der Waals surface area contributed by atoms with Crippen molar-refractivity contribution in [3.05, 3.63) is 18.3 Å². The molecule has 2 heterocycles. The van der Waals surface area contributed by atoms with Gasteiger partial charge in [0.05, 0.1) is 11.5 Å². The Hall–Kier alpha value is -1.19. The Morgan fingerprint density at radius 1 is 1.40 bits per heavy atom. The molecule has 1 aliphatic heterocycles. The summed E-state index contributed by atoms with van der Waals surface area (Å²) in [5.74, 6) is 0.283. The van der Waals surface area contributed by atoms with Crippen LogP contribution in [0.3, 0.4) is 0 Å². The Labute approximate surface area is 119 Å². The van der Waals surface area contributed by atoms with Crippen LogP contribution >= 0.6 is 0 Å². The molecule has 0 saturated carbocycles. The van der Waals surface area contributed by atoms with Gasteiger partial charge in [-0.3, -0.25) is 0 Å². The molecule has 0 spiro atoms. The predicted molar refractivity (Wildman–Crippen MR) is 75.8 cm³/mol. The van der Waals surface area contributed by atoms with E-state index < -0.39 is 25.9 Å². The standard InChI is InChI=1S/C11H17N3O4S2/c1-9-8-19(15,16)6-5-14(9)20(17,18)10-3-4-11(12-2)13-7-10/h3-4,7,9H,5-6,8H2,1-2H3,(H,12,13). The second kappa shape index (κ2) is 5.30. The van der Waals surface area contributed by atoms with Crippen molar-refractivity contribution in [1.29, 1.82) is 0 Å². The molecule has 1 N–H and O–H groups in total. The van der Waals surface area contributed by atoms with E-state index >= 15 is 0 Å². The number of sulfone groups is 1. The number of pyridine rings is 1. The number of sulfonamides is 1. The van der Waals surface area contributed by atoms with Crippen molar-refractivity contribution in [2.24, 2.45) is 0 Å². The molecule has 1 aromatic heterocycles. The van der Waals surface area contributed by atoms with E-state index in [1.165, 1.54) is 16.6 Å². The molecule has 112 valence electrons. The van der Waals surface area contributed by atoms with Gasteiger partial charge in [-0.05, 0) is 19.1 Å². The minimum atomic E-state index is -3.71. The Balaban J connectivity index is 2.30. The van der Waals surface area contributed by atoms with Crippen LogP contribution in [0.25, 0.3) is 0 Å². The van der Waals surface area contributed by atoms with E-state index in [4.69, 9.17) is 0 Å². The van der Waals surface area contributed by atoms with E-state index in [-0.39, 0.29) is 22.9 Å². The molecule has 0 aliphatic carbocycles. The Morgan fingerprint density at radius 2 is 2.10 bits per heavy atom. The molecular formula is C11H17N3O4S2. The number of aromatic nitrogens is 1. The van der Waals surface area contributed by atoms with E-state index in [1.807, 2.05) is 0 Å². The third-order valence-corrected chi connectivity index (χ3v) is 7.00. The average molecular weight is 319 g/mol. The molecule has 1 aromatic rings. The number of rotatable bonds is 3. The van der Waals surface area contributed by atoms with E-state index in [2.05, 4.69) is 10.3 Å². The third kappa shape index (κ3) is 2.94. The normalized spacial score (nSPS) is 23.4. The van der Waals surface area contributed by atoms with Crippen LogP contribution in [0.5, 0.6) is 0 Å². The Kier molecular flexibility index (Phi) is 4.03. The van der Waals surface area contributed by atoms with Gasteiger partial charge in [0.25, 0.3) is 0 Å². The van der Waals surface area contributed by atoms with Crippen LogP contribution in [0, 0.1) is 0 Å². The number of hydrogen-bond acceptors (Lipinski definition) is 6. The van der Waals surface area contributed by atoms with E-state index in [1.54, 1.807) is 20.0 Å². The topological polar surface area (TPSA) is 96.4 Å². The van der Waals surface area contributed by atoms with Crippen molar-refractivity contribution in [2.75, 3.05) is 30.4 Å². The van der Waals surface area contributed by atoms with E-state index in [0.717, 1.165) is 0 Å². The average Bonchev–Trinajstić information content (AvgIpc) is 2.37. The summed E-state index contributed by atoms with van der Waals surface area (Å²) < 4.78 is 49.2. The second-order valence-corrected chi connectivity index (χ2v) is 8.83. The molecule has 2 rings (SSSR count). The maximum absolute atomic E-state index is 12.5. The second-order valence-electron chi connectivity index (χ2n) is 4.71. The van der Waals surface area contributed by atoms with Gasteiger partial charge in [0.15, 0.2) is 9.84 Å². The zero-order valence-electron chi connectivity index (χ0n) is 11.3. The van der Waals surface area contributed by atoms with E-state index in [0.29, 0.717) is 5.82 Å². The van der Waals surface area contributed by atoms with Crippen LogP contribution < -0.4 is 5.32 Å². The fourth-order valence-electron chi connectivity index (χ4n) is 2.16. The summed E-state index contributed by atoms with van der Waals surface area (Å²) in [6.07, 6.45) is 1.27. The van der Waals surface area contributed by atoms with Crippen molar-refractivity contribution >= 4 is 25.7 Å². The summed E-state index contributed by atoms with van der Waals surface area (Å²) in [6.45, 7) is 1.59. The lowest BCUT2D eigenvalue weighted by atomic mass is 10.4. The molecule has 0 aromatic carbocycles. The van der Waals surface area contributed by atoms with Crippen molar-refractivity contribution in [3.8, 4) is 0 Å². The first-order chi connectivity index (χ1) is 9.26. The predicted octanol–water partition coefficient (Wildman–Crippen LogP) is -0.0691. The maximum Gasteiger partial charge on any atom is 0.244 e. The molecule has 20 heavy (non-hydrogen) atoms.